The number of carbonyl (C=O) groups is 2. The van der Waals surface area contributed by atoms with Crippen LogP contribution in [0.1, 0.15) is 5.56 Å². The van der Waals surface area contributed by atoms with Crippen LogP contribution in [-0.2, 0) is 16.0 Å². The Morgan fingerprint density at radius 2 is 1.76 bits per heavy atom. The maximum absolute atomic E-state index is 12.4. The molecule has 0 saturated heterocycles. The van der Waals surface area contributed by atoms with Crippen molar-refractivity contribution in [1.82, 2.24) is 10.6 Å². The Morgan fingerprint density at radius 3 is 2.41 bits per heavy atom. The fraction of sp³-hybridized carbons (Fsp3) is 0.333. The number of para-hydroxylation sites is 2. The first kappa shape index (κ1) is 26.5. The average molecular weight is 474 g/mol. The predicted molar refractivity (Wildman–Crippen MR) is 126 cm³/mol. The van der Waals surface area contributed by atoms with Crippen molar-refractivity contribution >= 4 is 12.0 Å². The van der Waals surface area contributed by atoms with Gasteiger partial charge in [-0.25, -0.2) is 9.59 Å². The van der Waals surface area contributed by atoms with E-state index in [9.17, 15) is 19.8 Å². The van der Waals surface area contributed by atoms with Gasteiger partial charge in [0.15, 0.2) is 11.5 Å². The van der Waals surface area contributed by atoms with Crippen molar-refractivity contribution in [2.45, 2.75) is 18.6 Å². The summed E-state index contributed by atoms with van der Waals surface area (Å²) >= 11 is 0. The lowest BCUT2D eigenvalue weighted by molar-refractivity contribution is -0.145. The van der Waals surface area contributed by atoms with Gasteiger partial charge >= 0.3 is 12.0 Å². The normalized spacial score (nSPS) is 12.3. The van der Waals surface area contributed by atoms with Crippen LogP contribution < -0.4 is 25.8 Å². The molecule has 0 aliphatic carbocycles. The van der Waals surface area contributed by atoms with Gasteiger partial charge in [-0.3, -0.25) is 0 Å². The molecule has 0 fully saturated rings. The summed E-state index contributed by atoms with van der Waals surface area (Å²) in [6, 6.07) is 11.5. The lowest BCUT2D eigenvalue weighted by Crippen LogP contribution is -2.46. The number of phenolic OH excluding ortho intramolecular Hbond substituents is 1. The molecule has 1 unspecified atom stereocenters. The summed E-state index contributed by atoms with van der Waals surface area (Å²) in [4.78, 5) is 23.6. The number of primary amides is 1. The Bertz CT molecular complexity index is 921. The van der Waals surface area contributed by atoms with Crippen molar-refractivity contribution < 1.29 is 34.0 Å². The SMILES string of the molecule is C=CCOc1ccccc1OCC(O)CNCCOC(=O)[C@H](Cc1ccc(O)cc1)NC(N)=O. The minimum Gasteiger partial charge on any atom is -0.508 e. The Kier molecular flexibility index (Phi) is 11.2. The number of benzene rings is 2. The summed E-state index contributed by atoms with van der Waals surface area (Å²) < 4.78 is 16.3. The maximum atomic E-state index is 12.4. The number of hydrogen-bond acceptors (Lipinski definition) is 8. The minimum atomic E-state index is -0.968. The van der Waals surface area contributed by atoms with E-state index >= 15 is 0 Å². The number of hydrogen-bond donors (Lipinski definition) is 5. The molecule has 0 aliphatic rings. The molecule has 6 N–H and O–H groups in total. The number of esters is 1. The largest absolute Gasteiger partial charge is 0.508 e. The molecule has 184 valence electrons. The Hall–Kier alpha value is -3.76. The van der Waals surface area contributed by atoms with E-state index in [1.54, 1.807) is 36.4 Å². The van der Waals surface area contributed by atoms with Crippen molar-refractivity contribution in [1.29, 1.82) is 0 Å². The summed E-state index contributed by atoms with van der Waals surface area (Å²) in [5, 5.41) is 24.8. The molecule has 10 nitrogen and oxygen atoms in total. The minimum absolute atomic E-state index is 0.0250. The fourth-order valence-corrected chi connectivity index (χ4v) is 2.91. The topological polar surface area (TPSA) is 152 Å². The zero-order valence-corrected chi connectivity index (χ0v) is 18.8. The molecule has 2 aromatic rings. The highest BCUT2D eigenvalue weighted by molar-refractivity contribution is 5.83. The molecule has 2 rings (SSSR count). The van der Waals surface area contributed by atoms with Gasteiger partial charge in [0.05, 0.1) is 0 Å². The van der Waals surface area contributed by atoms with Gasteiger partial charge < -0.3 is 40.8 Å². The second kappa shape index (κ2) is 14.4. The number of phenols is 1. The van der Waals surface area contributed by atoms with E-state index in [-0.39, 0.29) is 38.5 Å². The number of aliphatic hydroxyl groups is 1. The van der Waals surface area contributed by atoms with Crippen LogP contribution in [0.2, 0.25) is 0 Å². The second-order valence-corrected chi connectivity index (χ2v) is 7.31. The van der Waals surface area contributed by atoms with Crippen LogP contribution in [-0.4, -0.2) is 67.3 Å². The van der Waals surface area contributed by atoms with E-state index in [0.29, 0.717) is 23.7 Å². The van der Waals surface area contributed by atoms with Crippen LogP contribution in [0.3, 0.4) is 0 Å². The lowest BCUT2D eigenvalue weighted by Gasteiger charge is -2.17. The zero-order chi connectivity index (χ0) is 24.8. The summed E-state index contributed by atoms with van der Waals surface area (Å²) in [6.45, 7) is 4.51. The van der Waals surface area contributed by atoms with E-state index in [4.69, 9.17) is 19.9 Å². The van der Waals surface area contributed by atoms with Gasteiger partial charge in [0, 0.05) is 19.5 Å². The van der Waals surface area contributed by atoms with Crippen molar-refractivity contribution in [3.05, 3.63) is 66.7 Å². The molecule has 34 heavy (non-hydrogen) atoms. The average Bonchev–Trinajstić information content (AvgIpc) is 2.82. The van der Waals surface area contributed by atoms with Crippen LogP contribution in [0.15, 0.2) is 61.2 Å². The molecule has 2 amide bonds. The van der Waals surface area contributed by atoms with Crippen molar-refractivity contribution in [3.63, 3.8) is 0 Å². The number of amides is 2. The van der Waals surface area contributed by atoms with Gasteiger partial charge in [-0.2, -0.15) is 0 Å². The second-order valence-electron chi connectivity index (χ2n) is 7.31. The van der Waals surface area contributed by atoms with E-state index in [0.717, 1.165) is 0 Å². The molecular weight excluding hydrogens is 442 g/mol. The number of aromatic hydroxyl groups is 1. The third-order valence-corrected chi connectivity index (χ3v) is 4.52. The molecule has 2 atom stereocenters. The lowest BCUT2D eigenvalue weighted by atomic mass is 10.1. The zero-order valence-electron chi connectivity index (χ0n) is 18.8. The summed E-state index contributed by atoms with van der Waals surface area (Å²) in [6.07, 6.45) is 0.979. The number of nitrogens with one attached hydrogen (secondary N) is 2. The molecule has 0 saturated carbocycles. The molecule has 0 spiro atoms. The summed E-state index contributed by atoms with van der Waals surface area (Å²) in [5.74, 6) is 0.517. The van der Waals surface area contributed by atoms with Gasteiger partial charge in [-0.05, 0) is 29.8 Å². The number of aliphatic hydroxyl groups excluding tert-OH is 1. The summed E-state index contributed by atoms with van der Waals surface area (Å²) in [5.41, 5.74) is 5.87. The first-order valence-electron chi connectivity index (χ1n) is 10.7. The summed E-state index contributed by atoms with van der Waals surface area (Å²) in [7, 11) is 0. The Balaban J connectivity index is 1.70. The third kappa shape index (κ3) is 9.80. The molecule has 0 heterocycles. The number of urea groups is 1. The van der Waals surface area contributed by atoms with E-state index in [1.165, 1.54) is 12.1 Å². The smallest absolute Gasteiger partial charge is 0.329 e. The van der Waals surface area contributed by atoms with E-state index in [2.05, 4.69) is 17.2 Å². The number of ether oxygens (including phenoxy) is 3. The number of rotatable bonds is 15. The molecule has 10 heteroatoms. The predicted octanol–water partition coefficient (Wildman–Crippen LogP) is 1.11. The van der Waals surface area contributed by atoms with Gasteiger partial charge in [-0.15, -0.1) is 0 Å². The van der Waals surface area contributed by atoms with E-state index < -0.39 is 24.1 Å². The maximum Gasteiger partial charge on any atom is 0.329 e. The highest BCUT2D eigenvalue weighted by Gasteiger charge is 2.22. The van der Waals surface area contributed by atoms with Gasteiger partial charge in [0.1, 0.15) is 37.7 Å². The quantitative estimate of drug-likeness (QED) is 0.147. The highest BCUT2D eigenvalue weighted by Crippen LogP contribution is 2.26. The van der Waals surface area contributed by atoms with Gasteiger partial charge in [0.25, 0.3) is 0 Å². The monoisotopic (exact) mass is 473 g/mol. The molecule has 2 aromatic carbocycles. The van der Waals surface area contributed by atoms with Crippen molar-refractivity contribution in [2.75, 3.05) is 32.9 Å². The van der Waals surface area contributed by atoms with E-state index in [1.807, 2.05) is 6.07 Å². The van der Waals surface area contributed by atoms with Crippen molar-refractivity contribution in [2.24, 2.45) is 5.73 Å². The standard InChI is InChI=1S/C24H31N3O7/c1-2-12-32-21-5-3-4-6-22(21)34-16-19(29)15-26-11-13-33-23(30)20(27-24(25)31)14-17-7-9-18(28)10-8-17/h2-10,19-20,26,28-29H,1,11-16H2,(H3,25,27,31)/t19?,20-/m0/s1. The Morgan fingerprint density at radius 1 is 1.09 bits per heavy atom. The molecule has 0 aromatic heterocycles. The molecule has 0 bridgehead atoms. The first-order chi connectivity index (χ1) is 16.4. The highest BCUT2D eigenvalue weighted by atomic mass is 16.5. The van der Waals surface area contributed by atoms with Gasteiger partial charge in [0.2, 0.25) is 0 Å². The first-order valence-corrected chi connectivity index (χ1v) is 10.7. The van der Waals surface area contributed by atoms with Crippen LogP contribution in [0.5, 0.6) is 17.2 Å². The van der Waals surface area contributed by atoms with Crippen LogP contribution in [0, 0.1) is 0 Å². The third-order valence-electron chi connectivity index (χ3n) is 4.52. The van der Waals surface area contributed by atoms with Crippen LogP contribution in [0.25, 0.3) is 0 Å². The molecular formula is C24H31N3O7. The van der Waals surface area contributed by atoms with Crippen LogP contribution >= 0.6 is 0 Å². The molecule has 0 aliphatic heterocycles. The fourth-order valence-electron chi connectivity index (χ4n) is 2.91. The Labute approximate surface area is 198 Å². The van der Waals surface area contributed by atoms with Gasteiger partial charge in [-0.1, -0.05) is 36.9 Å². The van der Waals surface area contributed by atoms with Crippen molar-refractivity contribution in [3.8, 4) is 17.2 Å². The molecule has 0 radical (unpaired) electrons. The van der Waals surface area contributed by atoms with Crippen LogP contribution in [0.4, 0.5) is 4.79 Å². The number of nitrogens with two attached hydrogens (primary N) is 1. The number of carbonyl (C=O) groups excluding carboxylic acids is 2.